The molecule has 2 heterocycles. The lowest BCUT2D eigenvalue weighted by atomic mass is 10.3. The Morgan fingerprint density at radius 2 is 2.20 bits per heavy atom. The molecule has 20 heavy (non-hydrogen) atoms. The van der Waals surface area contributed by atoms with E-state index >= 15 is 0 Å². The van der Waals surface area contributed by atoms with Gasteiger partial charge in [0.05, 0.1) is 25.9 Å². The molecule has 1 aliphatic rings. The third kappa shape index (κ3) is 3.57. The summed E-state index contributed by atoms with van der Waals surface area (Å²) in [6.45, 7) is 5.03. The van der Waals surface area contributed by atoms with Gasteiger partial charge in [-0.05, 0) is 6.92 Å². The fraction of sp³-hybridized carbons (Fsp3) is 0.615. The zero-order chi connectivity index (χ0) is 14.4. The Morgan fingerprint density at radius 1 is 1.45 bits per heavy atom. The zero-order valence-corrected chi connectivity index (χ0v) is 11.9. The molecule has 0 saturated carbocycles. The van der Waals surface area contributed by atoms with E-state index in [1.54, 1.807) is 7.11 Å². The van der Waals surface area contributed by atoms with Crippen molar-refractivity contribution in [3.63, 3.8) is 0 Å². The van der Waals surface area contributed by atoms with Gasteiger partial charge < -0.3 is 19.7 Å². The summed E-state index contributed by atoms with van der Waals surface area (Å²) in [6.07, 6.45) is 1.88. The Hall–Kier alpha value is -1.89. The molecule has 1 aromatic rings. The highest BCUT2D eigenvalue weighted by Crippen LogP contribution is 2.19. The first-order chi connectivity index (χ1) is 9.72. The van der Waals surface area contributed by atoms with Crippen molar-refractivity contribution in [2.75, 3.05) is 45.3 Å². The SMILES string of the molecule is COc1ncnc(NCCC(=O)N2CCOCC2)c1C. The first-order valence-electron chi connectivity index (χ1n) is 6.67. The second kappa shape index (κ2) is 7.04. The largest absolute Gasteiger partial charge is 0.481 e. The molecule has 110 valence electrons. The summed E-state index contributed by atoms with van der Waals surface area (Å²) in [6, 6.07) is 0. The molecular formula is C13H20N4O3. The van der Waals surface area contributed by atoms with Gasteiger partial charge in [-0.15, -0.1) is 0 Å². The maximum absolute atomic E-state index is 12.0. The fourth-order valence-corrected chi connectivity index (χ4v) is 2.08. The molecule has 7 nitrogen and oxygen atoms in total. The van der Waals surface area contributed by atoms with Crippen LogP contribution in [0.25, 0.3) is 0 Å². The summed E-state index contributed by atoms with van der Waals surface area (Å²) in [5.41, 5.74) is 0.842. The minimum absolute atomic E-state index is 0.138. The van der Waals surface area contributed by atoms with Crippen LogP contribution < -0.4 is 10.1 Å². The number of nitrogens with zero attached hydrogens (tertiary/aromatic N) is 3. The van der Waals surface area contributed by atoms with Gasteiger partial charge in [-0.1, -0.05) is 0 Å². The average Bonchev–Trinajstić information content (AvgIpc) is 2.49. The lowest BCUT2D eigenvalue weighted by Crippen LogP contribution is -2.41. The molecule has 0 unspecified atom stereocenters. The third-order valence-electron chi connectivity index (χ3n) is 3.23. The van der Waals surface area contributed by atoms with Crippen molar-refractivity contribution >= 4 is 11.7 Å². The van der Waals surface area contributed by atoms with Crippen molar-refractivity contribution in [2.24, 2.45) is 0 Å². The van der Waals surface area contributed by atoms with E-state index in [1.807, 2.05) is 11.8 Å². The molecule has 2 rings (SSSR count). The molecule has 1 fully saturated rings. The van der Waals surface area contributed by atoms with Gasteiger partial charge in [0.1, 0.15) is 12.1 Å². The maximum Gasteiger partial charge on any atom is 0.224 e. The number of ether oxygens (including phenoxy) is 2. The molecule has 7 heteroatoms. The van der Waals surface area contributed by atoms with Crippen molar-refractivity contribution in [3.05, 3.63) is 11.9 Å². The Kier molecular flexibility index (Phi) is 5.11. The number of carbonyl (C=O) groups excluding carboxylic acids is 1. The number of carbonyl (C=O) groups is 1. The standard InChI is InChI=1S/C13H20N4O3/c1-10-12(15-9-16-13(10)19-2)14-4-3-11(18)17-5-7-20-8-6-17/h9H,3-8H2,1-2H3,(H,14,15,16). The number of hydrogen-bond donors (Lipinski definition) is 1. The summed E-state index contributed by atoms with van der Waals surface area (Å²) < 4.78 is 10.4. The predicted octanol–water partition coefficient (Wildman–Crippen LogP) is 0.454. The summed E-state index contributed by atoms with van der Waals surface area (Å²) in [5.74, 6) is 1.38. The fourth-order valence-electron chi connectivity index (χ4n) is 2.08. The van der Waals surface area contributed by atoms with Gasteiger partial charge in [0.2, 0.25) is 11.8 Å². The Balaban J connectivity index is 1.82. The van der Waals surface area contributed by atoms with Crippen LogP contribution in [0.5, 0.6) is 5.88 Å². The normalized spacial score (nSPS) is 15.0. The van der Waals surface area contributed by atoms with Crippen LogP contribution in [0.4, 0.5) is 5.82 Å². The van der Waals surface area contributed by atoms with Gasteiger partial charge in [-0.2, -0.15) is 0 Å². The maximum atomic E-state index is 12.0. The van der Waals surface area contributed by atoms with E-state index in [4.69, 9.17) is 9.47 Å². The number of aromatic nitrogens is 2. The lowest BCUT2D eigenvalue weighted by molar-refractivity contribution is -0.134. The minimum atomic E-state index is 0.138. The molecule has 0 aromatic carbocycles. The van der Waals surface area contributed by atoms with Crippen LogP contribution >= 0.6 is 0 Å². The van der Waals surface area contributed by atoms with E-state index < -0.39 is 0 Å². The summed E-state index contributed by atoms with van der Waals surface area (Å²) in [4.78, 5) is 22.0. The summed E-state index contributed by atoms with van der Waals surface area (Å²) in [5, 5.41) is 3.15. The first kappa shape index (κ1) is 14.5. The van der Waals surface area contributed by atoms with Gasteiger partial charge in [0.25, 0.3) is 0 Å². The number of rotatable bonds is 5. The summed E-state index contributed by atoms with van der Waals surface area (Å²) in [7, 11) is 1.57. The highest BCUT2D eigenvalue weighted by molar-refractivity contribution is 5.76. The van der Waals surface area contributed by atoms with Gasteiger partial charge >= 0.3 is 0 Å². The molecule has 1 amide bonds. The van der Waals surface area contributed by atoms with Gasteiger partial charge in [-0.25, -0.2) is 9.97 Å². The third-order valence-corrected chi connectivity index (χ3v) is 3.23. The van der Waals surface area contributed by atoms with Crippen LogP contribution in [0.3, 0.4) is 0 Å². The molecule has 1 aliphatic heterocycles. The second-order valence-corrected chi connectivity index (χ2v) is 4.53. The molecule has 1 N–H and O–H groups in total. The van der Waals surface area contributed by atoms with Crippen molar-refractivity contribution in [1.82, 2.24) is 14.9 Å². The Morgan fingerprint density at radius 3 is 2.90 bits per heavy atom. The van der Waals surface area contributed by atoms with Crippen molar-refractivity contribution in [3.8, 4) is 5.88 Å². The van der Waals surface area contributed by atoms with E-state index in [2.05, 4.69) is 15.3 Å². The number of methoxy groups -OCH3 is 1. The van der Waals surface area contributed by atoms with Gasteiger partial charge in [0.15, 0.2) is 0 Å². The summed E-state index contributed by atoms with van der Waals surface area (Å²) >= 11 is 0. The predicted molar refractivity (Wildman–Crippen MR) is 73.8 cm³/mol. The van der Waals surface area contributed by atoms with E-state index in [0.717, 1.165) is 5.56 Å². The number of amides is 1. The number of hydrogen-bond acceptors (Lipinski definition) is 6. The Labute approximate surface area is 118 Å². The van der Waals surface area contributed by atoms with Crippen LogP contribution in [0.2, 0.25) is 0 Å². The van der Waals surface area contributed by atoms with E-state index in [9.17, 15) is 4.79 Å². The molecular weight excluding hydrogens is 260 g/mol. The topological polar surface area (TPSA) is 76.6 Å². The van der Waals surface area contributed by atoms with E-state index in [1.165, 1.54) is 6.33 Å². The Bertz CT molecular complexity index is 461. The lowest BCUT2D eigenvalue weighted by Gasteiger charge is -2.26. The zero-order valence-electron chi connectivity index (χ0n) is 11.9. The van der Waals surface area contributed by atoms with Crippen molar-refractivity contribution < 1.29 is 14.3 Å². The minimum Gasteiger partial charge on any atom is -0.481 e. The highest BCUT2D eigenvalue weighted by atomic mass is 16.5. The number of nitrogens with one attached hydrogen (secondary N) is 1. The average molecular weight is 280 g/mol. The van der Waals surface area contributed by atoms with Crippen molar-refractivity contribution in [1.29, 1.82) is 0 Å². The quantitative estimate of drug-likeness (QED) is 0.844. The van der Waals surface area contributed by atoms with Gasteiger partial charge in [-0.3, -0.25) is 4.79 Å². The molecule has 1 saturated heterocycles. The van der Waals surface area contributed by atoms with Crippen molar-refractivity contribution in [2.45, 2.75) is 13.3 Å². The molecule has 0 spiro atoms. The van der Waals surface area contributed by atoms with Crippen LogP contribution in [-0.4, -0.2) is 60.7 Å². The molecule has 0 bridgehead atoms. The number of morpholine rings is 1. The molecule has 0 aliphatic carbocycles. The second-order valence-electron chi connectivity index (χ2n) is 4.53. The van der Waals surface area contributed by atoms with Crippen LogP contribution in [0, 0.1) is 6.92 Å². The van der Waals surface area contributed by atoms with Crippen LogP contribution in [0.1, 0.15) is 12.0 Å². The molecule has 0 atom stereocenters. The van der Waals surface area contributed by atoms with Gasteiger partial charge in [0, 0.05) is 26.1 Å². The monoisotopic (exact) mass is 280 g/mol. The molecule has 0 radical (unpaired) electrons. The first-order valence-corrected chi connectivity index (χ1v) is 6.67. The van der Waals surface area contributed by atoms with Crippen LogP contribution in [-0.2, 0) is 9.53 Å². The smallest absolute Gasteiger partial charge is 0.224 e. The molecule has 1 aromatic heterocycles. The highest BCUT2D eigenvalue weighted by Gasteiger charge is 2.16. The van der Waals surface area contributed by atoms with E-state index in [0.29, 0.717) is 51.0 Å². The van der Waals surface area contributed by atoms with E-state index in [-0.39, 0.29) is 5.91 Å². The number of anilines is 1. The van der Waals surface area contributed by atoms with Crippen LogP contribution in [0.15, 0.2) is 6.33 Å².